The zero-order chi connectivity index (χ0) is 16.1. The predicted octanol–water partition coefficient (Wildman–Crippen LogP) is 4.01. The topological polar surface area (TPSA) is 47.9 Å². The van der Waals surface area contributed by atoms with Gasteiger partial charge in [0.25, 0.3) is 0 Å². The number of rotatable bonds is 4. The van der Waals surface area contributed by atoms with Crippen LogP contribution in [0.15, 0.2) is 65.8 Å². The van der Waals surface area contributed by atoms with E-state index in [9.17, 15) is 4.79 Å². The third-order valence-corrected chi connectivity index (χ3v) is 3.87. The first-order valence-electron chi connectivity index (χ1n) is 7.81. The van der Waals surface area contributed by atoms with Crippen LogP contribution in [0.5, 0.6) is 0 Å². The molecule has 0 saturated heterocycles. The molecule has 4 heteroatoms. The number of nitrogens with zero attached hydrogens (tertiary/aromatic N) is 1. The number of carbonyl (C=O) groups excluding carboxylic acids is 1. The van der Waals surface area contributed by atoms with Gasteiger partial charge in [-0.2, -0.15) is 0 Å². The van der Waals surface area contributed by atoms with Crippen LogP contribution in [0.2, 0.25) is 0 Å². The summed E-state index contributed by atoms with van der Waals surface area (Å²) in [6, 6.07) is 19.8. The van der Waals surface area contributed by atoms with Gasteiger partial charge in [0, 0.05) is 17.5 Å². The van der Waals surface area contributed by atoms with Crippen molar-refractivity contribution >= 4 is 11.9 Å². The monoisotopic (exact) mass is 309 g/mol. The average molecular weight is 309 g/mol. The van der Waals surface area contributed by atoms with Gasteiger partial charge in [0.2, 0.25) is 5.90 Å². The second-order valence-electron chi connectivity index (χ2n) is 5.54. The molecule has 2 aromatic carbocycles. The van der Waals surface area contributed by atoms with Gasteiger partial charge in [0.1, 0.15) is 0 Å². The molecule has 0 bridgehead atoms. The second kappa shape index (κ2) is 6.65. The quantitative estimate of drug-likeness (QED) is 0.802. The molecule has 2 aromatic rings. The Balaban J connectivity index is 1.90. The molecule has 0 atom stereocenters. The molecule has 1 aliphatic rings. The minimum absolute atomic E-state index is 0.272. The Labute approximate surface area is 135 Å². The highest BCUT2D eigenvalue weighted by Crippen LogP contribution is 2.41. The van der Waals surface area contributed by atoms with Gasteiger partial charge in [-0.3, -0.25) is 4.79 Å². The minimum Gasteiger partial charge on any atom is -0.408 e. The highest BCUT2D eigenvalue weighted by molar-refractivity contribution is 5.90. The molecule has 0 aromatic heterocycles. The molecular formula is C19H19NO3. The van der Waals surface area contributed by atoms with Crippen molar-refractivity contribution in [2.24, 2.45) is 5.16 Å². The first-order valence-corrected chi connectivity index (χ1v) is 7.81. The zero-order valence-corrected chi connectivity index (χ0v) is 13.1. The molecule has 0 unspecified atom stereocenters. The van der Waals surface area contributed by atoms with Crippen molar-refractivity contribution in [3.8, 4) is 0 Å². The maximum absolute atomic E-state index is 11.7. The average Bonchev–Trinajstić information content (AvgIpc) is 3.02. The first kappa shape index (κ1) is 15.3. The fourth-order valence-electron chi connectivity index (χ4n) is 2.74. The molecule has 1 aliphatic heterocycles. The lowest BCUT2D eigenvalue weighted by Crippen LogP contribution is -2.28. The molecule has 0 spiro atoms. The lowest BCUT2D eigenvalue weighted by Gasteiger charge is -2.27. The van der Waals surface area contributed by atoms with Crippen LogP contribution in [-0.4, -0.2) is 11.9 Å². The summed E-state index contributed by atoms with van der Waals surface area (Å²) in [6.07, 6.45) is 1.52. The minimum atomic E-state index is -0.746. The fraction of sp³-hybridized carbons (Fsp3) is 0.263. The summed E-state index contributed by atoms with van der Waals surface area (Å²) < 4.78 is 5.34. The van der Waals surface area contributed by atoms with Crippen LogP contribution in [0.4, 0.5) is 0 Å². The van der Waals surface area contributed by atoms with E-state index in [0.717, 1.165) is 17.5 Å². The van der Waals surface area contributed by atoms with Gasteiger partial charge < -0.3 is 9.57 Å². The SMILES string of the molecule is CCCC(=O)OC1=NOC(c2ccccc2)(c2ccccc2)C1. The van der Waals surface area contributed by atoms with Crippen LogP contribution >= 0.6 is 0 Å². The maximum atomic E-state index is 11.7. The lowest BCUT2D eigenvalue weighted by atomic mass is 9.84. The van der Waals surface area contributed by atoms with E-state index >= 15 is 0 Å². The van der Waals surface area contributed by atoms with E-state index < -0.39 is 5.60 Å². The molecule has 118 valence electrons. The van der Waals surface area contributed by atoms with Gasteiger partial charge in [0.15, 0.2) is 5.60 Å². The van der Waals surface area contributed by atoms with Gasteiger partial charge in [0.05, 0.1) is 6.42 Å². The van der Waals surface area contributed by atoms with E-state index in [1.807, 2.05) is 67.6 Å². The molecule has 0 amide bonds. The van der Waals surface area contributed by atoms with E-state index in [1.54, 1.807) is 0 Å². The zero-order valence-electron chi connectivity index (χ0n) is 13.1. The fourth-order valence-corrected chi connectivity index (χ4v) is 2.74. The van der Waals surface area contributed by atoms with Crippen molar-refractivity contribution in [3.63, 3.8) is 0 Å². The predicted molar refractivity (Wildman–Crippen MR) is 87.8 cm³/mol. The molecule has 0 saturated carbocycles. The summed E-state index contributed by atoms with van der Waals surface area (Å²) >= 11 is 0. The van der Waals surface area contributed by atoms with Gasteiger partial charge >= 0.3 is 5.97 Å². The second-order valence-corrected chi connectivity index (χ2v) is 5.54. The molecule has 23 heavy (non-hydrogen) atoms. The number of hydrogen-bond acceptors (Lipinski definition) is 4. The van der Waals surface area contributed by atoms with Crippen molar-refractivity contribution in [1.82, 2.24) is 0 Å². The first-order chi connectivity index (χ1) is 11.2. The smallest absolute Gasteiger partial charge is 0.312 e. The van der Waals surface area contributed by atoms with E-state index in [4.69, 9.17) is 9.57 Å². The van der Waals surface area contributed by atoms with Crippen LogP contribution in [0.1, 0.15) is 37.3 Å². The van der Waals surface area contributed by atoms with E-state index in [0.29, 0.717) is 18.7 Å². The third kappa shape index (κ3) is 3.11. The molecule has 4 nitrogen and oxygen atoms in total. The normalized spacial score (nSPS) is 15.6. The van der Waals surface area contributed by atoms with Gasteiger partial charge in [-0.25, -0.2) is 0 Å². The summed E-state index contributed by atoms with van der Waals surface area (Å²) in [4.78, 5) is 17.5. The molecule has 0 radical (unpaired) electrons. The molecular weight excluding hydrogens is 290 g/mol. The number of carbonyl (C=O) groups is 1. The molecule has 0 N–H and O–H groups in total. The number of hydrogen-bond donors (Lipinski definition) is 0. The van der Waals surface area contributed by atoms with E-state index in [2.05, 4.69) is 5.16 Å². The van der Waals surface area contributed by atoms with Crippen molar-refractivity contribution in [3.05, 3.63) is 71.8 Å². The summed E-state index contributed by atoms with van der Waals surface area (Å²) in [7, 11) is 0. The largest absolute Gasteiger partial charge is 0.408 e. The van der Waals surface area contributed by atoms with Crippen LogP contribution in [0, 0.1) is 0 Å². The lowest BCUT2D eigenvalue weighted by molar-refractivity contribution is -0.135. The Morgan fingerprint density at radius 3 is 2.17 bits per heavy atom. The number of oxime groups is 1. The van der Waals surface area contributed by atoms with E-state index in [1.165, 1.54) is 0 Å². The maximum Gasteiger partial charge on any atom is 0.312 e. The van der Waals surface area contributed by atoms with Gasteiger partial charge in [-0.05, 0) is 6.42 Å². The van der Waals surface area contributed by atoms with Crippen molar-refractivity contribution < 1.29 is 14.4 Å². The number of benzene rings is 2. The molecule has 0 aliphatic carbocycles. The van der Waals surface area contributed by atoms with Crippen molar-refractivity contribution in [2.45, 2.75) is 31.8 Å². The Kier molecular flexibility index (Phi) is 4.42. The highest BCUT2D eigenvalue weighted by atomic mass is 16.7. The molecule has 1 heterocycles. The molecule has 3 rings (SSSR count). The summed E-state index contributed by atoms with van der Waals surface area (Å²) in [5.74, 6) is 0.0583. The Bertz CT molecular complexity index is 656. The Hall–Kier alpha value is -2.62. The summed E-state index contributed by atoms with van der Waals surface area (Å²) in [6.45, 7) is 1.94. The third-order valence-electron chi connectivity index (χ3n) is 3.87. The standard InChI is InChI=1S/C19H19NO3/c1-2-9-18(21)22-17-14-19(23-20-17,15-10-5-3-6-11-15)16-12-7-4-8-13-16/h3-8,10-13H,2,9,14H2,1H3. The van der Waals surface area contributed by atoms with Gasteiger partial charge in [-0.1, -0.05) is 72.7 Å². The van der Waals surface area contributed by atoms with E-state index in [-0.39, 0.29) is 5.97 Å². The Morgan fingerprint density at radius 1 is 1.09 bits per heavy atom. The highest BCUT2D eigenvalue weighted by Gasteiger charge is 2.44. The van der Waals surface area contributed by atoms with Crippen LogP contribution < -0.4 is 0 Å². The number of esters is 1. The number of ether oxygens (including phenoxy) is 1. The Morgan fingerprint density at radius 2 is 1.65 bits per heavy atom. The van der Waals surface area contributed by atoms with Gasteiger partial charge in [-0.15, -0.1) is 0 Å². The summed E-state index contributed by atoms with van der Waals surface area (Å²) in [5.41, 5.74) is 1.22. The van der Waals surface area contributed by atoms with Crippen LogP contribution in [0.3, 0.4) is 0 Å². The van der Waals surface area contributed by atoms with Crippen LogP contribution in [0.25, 0.3) is 0 Å². The summed E-state index contributed by atoms with van der Waals surface area (Å²) in [5, 5.41) is 4.04. The van der Waals surface area contributed by atoms with Crippen molar-refractivity contribution in [2.75, 3.05) is 0 Å². The van der Waals surface area contributed by atoms with Crippen LogP contribution in [-0.2, 0) is 20.0 Å². The molecule has 0 fully saturated rings. The van der Waals surface area contributed by atoms with Crippen molar-refractivity contribution in [1.29, 1.82) is 0 Å².